The molecule has 0 aliphatic heterocycles. The first-order chi connectivity index (χ1) is 12.7. The maximum atomic E-state index is 13.1. The van der Waals surface area contributed by atoms with Gasteiger partial charge in [-0.25, -0.2) is 14.4 Å². The van der Waals surface area contributed by atoms with Gasteiger partial charge in [0.05, 0.1) is 5.75 Å². The lowest BCUT2D eigenvalue weighted by Crippen LogP contribution is -2.04. The third-order valence-corrected chi connectivity index (χ3v) is 6.81. The van der Waals surface area contributed by atoms with Crippen LogP contribution in [0.1, 0.15) is 46.4 Å². The van der Waals surface area contributed by atoms with E-state index in [0.717, 1.165) is 40.3 Å². The number of halogens is 1. The molecular weight excluding hydrogens is 367 g/mol. The van der Waals surface area contributed by atoms with Crippen LogP contribution >= 0.6 is 23.1 Å². The second kappa shape index (κ2) is 7.45. The van der Waals surface area contributed by atoms with Crippen LogP contribution in [0.25, 0.3) is 10.2 Å². The number of carbonyl (C=O) groups excluding carboxylic acids is 1. The molecule has 4 rings (SSSR count). The molecule has 1 aromatic carbocycles. The van der Waals surface area contributed by atoms with Crippen molar-refractivity contribution in [2.24, 2.45) is 0 Å². The molecule has 0 bridgehead atoms. The highest BCUT2D eigenvalue weighted by Crippen LogP contribution is 2.39. The summed E-state index contributed by atoms with van der Waals surface area (Å²) in [5.41, 5.74) is 1.92. The van der Waals surface area contributed by atoms with E-state index in [1.54, 1.807) is 11.3 Å². The Morgan fingerprint density at radius 2 is 1.96 bits per heavy atom. The van der Waals surface area contributed by atoms with E-state index in [2.05, 4.69) is 0 Å². The molecule has 134 valence electrons. The van der Waals surface area contributed by atoms with Gasteiger partial charge >= 0.3 is 0 Å². The van der Waals surface area contributed by atoms with E-state index in [0.29, 0.717) is 11.3 Å². The summed E-state index contributed by atoms with van der Waals surface area (Å²) in [5.74, 6) is 0.784. The van der Waals surface area contributed by atoms with E-state index in [1.807, 2.05) is 6.92 Å². The number of thioether (sulfide) groups is 1. The molecule has 1 aliphatic carbocycles. The minimum absolute atomic E-state index is 0.0103. The van der Waals surface area contributed by atoms with E-state index in [4.69, 9.17) is 9.97 Å². The third kappa shape index (κ3) is 3.40. The Hall–Kier alpha value is -1.79. The molecule has 1 aliphatic rings. The highest BCUT2D eigenvalue weighted by molar-refractivity contribution is 8.00. The SMILES string of the molecule is CCc1nc(SCC(=O)c2ccc(F)cc2)c2c3c(sc2n1)CCCC3. The van der Waals surface area contributed by atoms with Gasteiger partial charge in [-0.05, 0) is 55.5 Å². The van der Waals surface area contributed by atoms with Gasteiger partial charge in [0.2, 0.25) is 0 Å². The molecule has 0 amide bonds. The summed E-state index contributed by atoms with van der Waals surface area (Å²) in [4.78, 5) is 24.4. The smallest absolute Gasteiger partial charge is 0.173 e. The Bertz CT molecular complexity index is 966. The van der Waals surface area contributed by atoms with Crippen molar-refractivity contribution in [1.82, 2.24) is 9.97 Å². The Kier molecular flexibility index (Phi) is 5.05. The van der Waals surface area contributed by atoms with Gasteiger partial charge in [-0.1, -0.05) is 18.7 Å². The predicted molar refractivity (Wildman–Crippen MR) is 105 cm³/mol. The van der Waals surface area contributed by atoms with Crippen molar-refractivity contribution in [3.05, 3.63) is 51.9 Å². The van der Waals surface area contributed by atoms with Crippen molar-refractivity contribution in [3.63, 3.8) is 0 Å². The maximum absolute atomic E-state index is 13.1. The van der Waals surface area contributed by atoms with Gasteiger partial charge in [0, 0.05) is 22.2 Å². The maximum Gasteiger partial charge on any atom is 0.173 e. The van der Waals surface area contributed by atoms with Crippen molar-refractivity contribution in [1.29, 1.82) is 0 Å². The summed E-state index contributed by atoms with van der Waals surface area (Å²) in [6, 6.07) is 5.73. The largest absolute Gasteiger partial charge is 0.293 e. The van der Waals surface area contributed by atoms with E-state index in [9.17, 15) is 9.18 Å². The Labute approximate surface area is 160 Å². The van der Waals surface area contributed by atoms with Crippen LogP contribution in [0.15, 0.2) is 29.3 Å². The summed E-state index contributed by atoms with van der Waals surface area (Å²) in [6.45, 7) is 2.05. The number of carbonyl (C=O) groups is 1. The molecule has 3 nitrogen and oxygen atoms in total. The number of nitrogens with zero attached hydrogens (tertiary/aromatic N) is 2. The van der Waals surface area contributed by atoms with Gasteiger partial charge in [-0.3, -0.25) is 4.79 Å². The summed E-state index contributed by atoms with van der Waals surface area (Å²) in [5, 5.41) is 2.07. The molecule has 0 saturated heterocycles. The molecule has 0 saturated carbocycles. The number of aryl methyl sites for hydroxylation is 3. The van der Waals surface area contributed by atoms with Crippen LogP contribution in [-0.4, -0.2) is 21.5 Å². The number of aromatic nitrogens is 2. The Morgan fingerprint density at radius 3 is 2.73 bits per heavy atom. The lowest BCUT2D eigenvalue weighted by atomic mass is 9.97. The van der Waals surface area contributed by atoms with Gasteiger partial charge in [0.15, 0.2) is 5.78 Å². The lowest BCUT2D eigenvalue weighted by Gasteiger charge is -2.12. The van der Waals surface area contributed by atoms with Crippen LogP contribution in [-0.2, 0) is 19.3 Å². The lowest BCUT2D eigenvalue weighted by molar-refractivity contribution is 0.102. The molecule has 6 heteroatoms. The van der Waals surface area contributed by atoms with E-state index < -0.39 is 0 Å². The summed E-state index contributed by atoms with van der Waals surface area (Å²) in [6.07, 6.45) is 5.41. The second-order valence-electron chi connectivity index (χ2n) is 6.41. The predicted octanol–water partition coefficient (Wildman–Crippen LogP) is 5.25. The van der Waals surface area contributed by atoms with E-state index in [-0.39, 0.29) is 11.6 Å². The second-order valence-corrected chi connectivity index (χ2v) is 8.46. The molecule has 2 aromatic heterocycles. The highest BCUT2D eigenvalue weighted by atomic mass is 32.2. The zero-order valence-electron chi connectivity index (χ0n) is 14.5. The Balaban J connectivity index is 1.65. The Morgan fingerprint density at radius 1 is 1.19 bits per heavy atom. The number of rotatable bonds is 5. The summed E-state index contributed by atoms with van der Waals surface area (Å²) in [7, 11) is 0. The number of hydrogen-bond donors (Lipinski definition) is 0. The minimum atomic E-state index is -0.329. The zero-order valence-corrected chi connectivity index (χ0v) is 16.2. The normalized spacial score (nSPS) is 13.8. The van der Waals surface area contributed by atoms with Gasteiger partial charge < -0.3 is 0 Å². The molecule has 0 atom stereocenters. The van der Waals surface area contributed by atoms with Gasteiger partial charge in [-0.15, -0.1) is 11.3 Å². The van der Waals surface area contributed by atoms with E-state index >= 15 is 0 Å². The monoisotopic (exact) mass is 386 g/mol. The van der Waals surface area contributed by atoms with Crippen molar-refractivity contribution >= 4 is 39.1 Å². The number of Topliss-reactive ketones (excluding diaryl/α,β-unsaturated/α-hetero) is 1. The first kappa shape index (κ1) is 17.6. The van der Waals surface area contributed by atoms with Crippen LogP contribution in [0, 0.1) is 5.82 Å². The number of hydrogen-bond acceptors (Lipinski definition) is 5. The first-order valence-electron chi connectivity index (χ1n) is 8.88. The molecule has 0 unspecified atom stereocenters. The third-order valence-electron chi connectivity index (χ3n) is 4.65. The van der Waals surface area contributed by atoms with Crippen LogP contribution < -0.4 is 0 Å². The molecule has 26 heavy (non-hydrogen) atoms. The van der Waals surface area contributed by atoms with Crippen molar-refractivity contribution in [3.8, 4) is 0 Å². The summed E-state index contributed by atoms with van der Waals surface area (Å²) >= 11 is 3.26. The standard InChI is InChI=1S/C20H19FN2OS2/c1-2-17-22-19(25-11-15(24)12-7-9-13(21)10-8-12)18-14-5-3-4-6-16(14)26-20(18)23-17/h7-10H,2-6,11H2,1H3. The number of fused-ring (bicyclic) bond motifs is 3. The van der Waals surface area contributed by atoms with Gasteiger partial charge in [0.1, 0.15) is 21.5 Å². The number of thiophene rings is 1. The molecule has 0 spiro atoms. The molecule has 0 radical (unpaired) electrons. The fourth-order valence-corrected chi connectivity index (χ4v) is 5.59. The van der Waals surface area contributed by atoms with E-state index in [1.165, 1.54) is 59.3 Å². The van der Waals surface area contributed by atoms with Gasteiger partial charge in [-0.2, -0.15) is 0 Å². The fourth-order valence-electron chi connectivity index (χ4n) is 3.28. The van der Waals surface area contributed by atoms with Crippen LogP contribution in [0.2, 0.25) is 0 Å². The topological polar surface area (TPSA) is 42.9 Å². The van der Waals surface area contributed by atoms with Crippen molar-refractivity contribution < 1.29 is 9.18 Å². The fraction of sp³-hybridized carbons (Fsp3) is 0.350. The van der Waals surface area contributed by atoms with Crippen LogP contribution in [0.3, 0.4) is 0 Å². The average Bonchev–Trinajstić information content (AvgIpc) is 3.04. The number of ketones is 1. The van der Waals surface area contributed by atoms with Gasteiger partial charge in [0.25, 0.3) is 0 Å². The molecule has 2 heterocycles. The van der Waals surface area contributed by atoms with Crippen LogP contribution in [0.4, 0.5) is 4.39 Å². The molecule has 0 N–H and O–H groups in total. The minimum Gasteiger partial charge on any atom is -0.293 e. The number of benzene rings is 1. The molecular formula is C20H19FN2OS2. The van der Waals surface area contributed by atoms with Crippen LogP contribution in [0.5, 0.6) is 0 Å². The summed E-state index contributed by atoms with van der Waals surface area (Å²) < 4.78 is 13.1. The quantitative estimate of drug-likeness (QED) is 0.341. The zero-order chi connectivity index (χ0) is 18.1. The first-order valence-corrected chi connectivity index (χ1v) is 10.7. The highest BCUT2D eigenvalue weighted by Gasteiger charge is 2.21. The molecule has 0 fully saturated rings. The van der Waals surface area contributed by atoms with Crippen molar-refractivity contribution in [2.45, 2.75) is 44.1 Å². The molecule has 3 aromatic rings. The average molecular weight is 387 g/mol. The van der Waals surface area contributed by atoms with Crippen molar-refractivity contribution in [2.75, 3.05) is 5.75 Å².